The fraction of sp³-hybridized carbons (Fsp3) is 0.526. The summed E-state index contributed by atoms with van der Waals surface area (Å²) in [6, 6.07) is 7.90. The van der Waals surface area contributed by atoms with Gasteiger partial charge in [0.15, 0.2) is 13.2 Å². The standard InChI is InChI=1S/C19H24N2O4/c1-14-7-6-8-15(2)18(14)25-12-17(23)24-11-16(22)21-19(13-20)9-4-3-5-10-19/h6-8H,3-5,9-12H2,1-2H3,(H,21,22). The van der Waals surface area contributed by atoms with Gasteiger partial charge >= 0.3 is 5.97 Å². The van der Waals surface area contributed by atoms with Crippen molar-refractivity contribution in [3.63, 3.8) is 0 Å². The van der Waals surface area contributed by atoms with Gasteiger partial charge in [-0.15, -0.1) is 0 Å². The van der Waals surface area contributed by atoms with Gasteiger partial charge in [-0.05, 0) is 37.8 Å². The maximum atomic E-state index is 12.0. The molecule has 25 heavy (non-hydrogen) atoms. The van der Waals surface area contributed by atoms with Crippen LogP contribution in [-0.4, -0.2) is 30.6 Å². The second-order valence-electron chi connectivity index (χ2n) is 6.47. The molecule has 1 fully saturated rings. The lowest BCUT2D eigenvalue weighted by molar-refractivity contribution is -0.150. The number of aryl methyl sites for hydroxylation is 2. The minimum absolute atomic E-state index is 0.262. The van der Waals surface area contributed by atoms with Gasteiger partial charge in [-0.25, -0.2) is 4.79 Å². The van der Waals surface area contributed by atoms with Crippen molar-refractivity contribution in [3.8, 4) is 11.8 Å². The van der Waals surface area contributed by atoms with Crippen molar-refractivity contribution in [2.24, 2.45) is 0 Å². The molecule has 0 saturated heterocycles. The van der Waals surface area contributed by atoms with E-state index in [9.17, 15) is 14.9 Å². The number of rotatable bonds is 6. The minimum atomic E-state index is -0.823. The van der Waals surface area contributed by atoms with Crippen LogP contribution >= 0.6 is 0 Å². The number of para-hydroxylation sites is 1. The molecule has 0 bridgehead atoms. The first-order valence-electron chi connectivity index (χ1n) is 8.53. The van der Waals surface area contributed by atoms with E-state index in [1.165, 1.54) is 0 Å². The van der Waals surface area contributed by atoms with E-state index in [1.54, 1.807) is 0 Å². The lowest BCUT2D eigenvalue weighted by atomic mass is 9.83. The van der Waals surface area contributed by atoms with Crippen LogP contribution < -0.4 is 10.1 Å². The minimum Gasteiger partial charge on any atom is -0.481 e. The van der Waals surface area contributed by atoms with Gasteiger partial charge in [0.2, 0.25) is 0 Å². The Kier molecular flexibility index (Phi) is 6.40. The van der Waals surface area contributed by atoms with Gasteiger partial charge in [0.1, 0.15) is 11.3 Å². The first kappa shape index (κ1) is 18.8. The summed E-state index contributed by atoms with van der Waals surface area (Å²) in [5.74, 6) is -0.425. The van der Waals surface area contributed by atoms with E-state index in [0.29, 0.717) is 18.6 Å². The summed E-state index contributed by atoms with van der Waals surface area (Å²) < 4.78 is 10.4. The molecule has 2 rings (SSSR count). The third kappa shape index (κ3) is 5.21. The Morgan fingerprint density at radius 3 is 2.40 bits per heavy atom. The molecular weight excluding hydrogens is 320 g/mol. The quantitative estimate of drug-likeness (QED) is 0.801. The predicted molar refractivity (Wildman–Crippen MR) is 91.9 cm³/mol. The molecule has 6 nitrogen and oxygen atoms in total. The third-order valence-corrected chi connectivity index (χ3v) is 4.41. The highest BCUT2D eigenvalue weighted by molar-refractivity contribution is 5.81. The maximum absolute atomic E-state index is 12.0. The molecule has 0 aromatic heterocycles. The van der Waals surface area contributed by atoms with Gasteiger partial charge in [0.05, 0.1) is 6.07 Å². The van der Waals surface area contributed by atoms with E-state index in [4.69, 9.17) is 9.47 Å². The molecule has 1 aromatic carbocycles. The summed E-state index contributed by atoms with van der Waals surface area (Å²) >= 11 is 0. The molecule has 0 spiro atoms. The van der Waals surface area contributed by atoms with Crippen LogP contribution in [0.2, 0.25) is 0 Å². The van der Waals surface area contributed by atoms with Crippen LogP contribution in [0.4, 0.5) is 0 Å². The van der Waals surface area contributed by atoms with Crippen LogP contribution in [0.1, 0.15) is 43.2 Å². The van der Waals surface area contributed by atoms with Crippen LogP contribution in [0.25, 0.3) is 0 Å². The van der Waals surface area contributed by atoms with Crippen LogP contribution in [-0.2, 0) is 14.3 Å². The number of benzene rings is 1. The molecule has 134 valence electrons. The SMILES string of the molecule is Cc1cccc(C)c1OCC(=O)OCC(=O)NC1(C#N)CCCCC1. The fourth-order valence-electron chi connectivity index (χ4n) is 3.07. The summed E-state index contributed by atoms with van der Waals surface area (Å²) in [6.07, 6.45) is 4.18. The summed E-state index contributed by atoms with van der Waals surface area (Å²) in [5, 5.41) is 12.0. The van der Waals surface area contributed by atoms with Crippen LogP contribution in [0, 0.1) is 25.2 Å². The van der Waals surface area contributed by atoms with Crippen LogP contribution in [0.15, 0.2) is 18.2 Å². The number of ether oxygens (including phenoxy) is 2. The molecule has 1 saturated carbocycles. The molecular formula is C19H24N2O4. The Balaban J connectivity index is 1.78. The molecule has 0 atom stereocenters. The van der Waals surface area contributed by atoms with Gasteiger partial charge in [-0.3, -0.25) is 4.79 Å². The Hall–Kier alpha value is -2.55. The zero-order chi connectivity index (χ0) is 18.3. The normalized spacial score (nSPS) is 15.7. The predicted octanol–water partition coefficient (Wildman–Crippen LogP) is 2.57. The van der Waals surface area contributed by atoms with E-state index in [-0.39, 0.29) is 6.61 Å². The maximum Gasteiger partial charge on any atom is 0.344 e. The summed E-state index contributed by atoms with van der Waals surface area (Å²) in [4.78, 5) is 23.8. The topological polar surface area (TPSA) is 88.4 Å². The first-order chi connectivity index (χ1) is 12.0. The third-order valence-electron chi connectivity index (χ3n) is 4.41. The molecule has 6 heteroatoms. The molecule has 0 heterocycles. The van der Waals surface area contributed by atoms with E-state index < -0.39 is 24.0 Å². The summed E-state index contributed by atoms with van der Waals surface area (Å²) in [7, 11) is 0. The second-order valence-corrected chi connectivity index (χ2v) is 6.47. The van der Waals surface area contributed by atoms with Crippen molar-refractivity contribution in [2.75, 3.05) is 13.2 Å². The zero-order valence-electron chi connectivity index (χ0n) is 14.8. The number of amides is 1. The average Bonchev–Trinajstić information content (AvgIpc) is 2.60. The Bertz CT molecular complexity index is 652. The van der Waals surface area contributed by atoms with Crippen molar-refractivity contribution in [3.05, 3.63) is 29.3 Å². The molecule has 0 radical (unpaired) electrons. The molecule has 1 N–H and O–H groups in total. The number of nitrogens with zero attached hydrogens (tertiary/aromatic N) is 1. The molecule has 1 aliphatic carbocycles. The fourth-order valence-corrected chi connectivity index (χ4v) is 3.07. The van der Waals surface area contributed by atoms with E-state index in [0.717, 1.165) is 30.4 Å². The van der Waals surface area contributed by atoms with Gasteiger partial charge in [-0.1, -0.05) is 37.5 Å². The number of nitrogens with one attached hydrogen (secondary N) is 1. The zero-order valence-corrected chi connectivity index (χ0v) is 14.8. The van der Waals surface area contributed by atoms with Crippen molar-refractivity contribution < 1.29 is 19.1 Å². The number of carbonyl (C=O) groups is 2. The first-order valence-corrected chi connectivity index (χ1v) is 8.53. The number of nitriles is 1. The molecule has 0 aliphatic heterocycles. The molecule has 1 aromatic rings. The molecule has 0 unspecified atom stereocenters. The Morgan fingerprint density at radius 2 is 1.80 bits per heavy atom. The smallest absolute Gasteiger partial charge is 0.344 e. The second kappa shape index (κ2) is 8.52. The number of carbonyl (C=O) groups excluding carboxylic acids is 2. The van der Waals surface area contributed by atoms with Gasteiger partial charge in [-0.2, -0.15) is 5.26 Å². The Morgan fingerprint density at radius 1 is 1.16 bits per heavy atom. The van der Waals surface area contributed by atoms with Crippen molar-refractivity contribution in [1.82, 2.24) is 5.32 Å². The average molecular weight is 344 g/mol. The van der Waals surface area contributed by atoms with Crippen molar-refractivity contribution >= 4 is 11.9 Å². The monoisotopic (exact) mass is 344 g/mol. The lowest BCUT2D eigenvalue weighted by Gasteiger charge is -2.31. The van der Waals surface area contributed by atoms with E-state index in [1.807, 2.05) is 32.0 Å². The number of hydrogen-bond acceptors (Lipinski definition) is 5. The van der Waals surface area contributed by atoms with Gasteiger partial charge in [0.25, 0.3) is 5.91 Å². The van der Waals surface area contributed by atoms with Crippen molar-refractivity contribution in [1.29, 1.82) is 5.26 Å². The summed E-state index contributed by atoms with van der Waals surface area (Å²) in [6.45, 7) is 3.12. The number of esters is 1. The Labute approximate surface area is 148 Å². The summed E-state index contributed by atoms with van der Waals surface area (Å²) in [5.41, 5.74) is 1.04. The number of hydrogen-bond donors (Lipinski definition) is 1. The van der Waals surface area contributed by atoms with Crippen LogP contribution in [0.5, 0.6) is 5.75 Å². The van der Waals surface area contributed by atoms with E-state index >= 15 is 0 Å². The van der Waals surface area contributed by atoms with Gasteiger partial charge in [0, 0.05) is 0 Å². The van der Waals surface area contributed by atoms with Crippen LogP contribution in [0.3, 0.4) is 0 Å². The highest BCUT2D eigenvalue weighted by Gasteiger charge is 2.33. The van der Waals surface area contributed by atoms with Crippen molar-refractivity contribution in [2.45, 2.75) is 51.5 Å². The molecule has 1 amide bonds. The van der Waals surface area contributed by atoms with Gasteiger partial charge < -0.3 is 14.8 Å². The largest absolute Gasteiger partial charge is 0.481 e. The highest BCUT2D eigenvalue weighted by Crippen LogP contribution is 2.27. The molecule has 1 aliphatic rings. The van der Waals surface area contributed by atoms with E-state index in [2.05, 4.69) is 11.4 Å². The highest BCUT2D eigenvalue weighted by atomic mass is 16.6. The lowest BCUT2D eigenvalue weighted by Crippen LogP contribution is -2.50.